The molecule has 17 heavy (non-hydrogen) atoms. The minimum atomic E-state index is 0.517. The lowest BCUT2D eigenvalue weighted by molar-refractivity contribution is 0.443. The minimum absolute atomic E-state index is 0.517. The molecule has 1 aliphatic heterocycles. The molecule has 2 rings (SSSR count). The van der Waals surface area contributed by atoms with Gasteiger partial charge in [0.25, 0.3) is 0 Å². The Morgan fingerprint density at radius 3 is 2.94 bits per heavy atom. The van der Waals surface area contributed by atoms with Crippen molar-refractivity contribution in [3.05, 3.63) is 17.5 Å². The highest BCUT2D eigenvalue weighted by molar-refractivity contribution is 5.35. The number of aromatic nitrogens is 2. The van der Waals surface area contributed by atoms with Crippen LogP contribution in [0.3, 0.4) is 0 Å². The molecule has 0 aliphatic carbocycles. The zero-order valence-corrected chi connectivity index (χ0v) is 10.8. The average Bonchev–Trinajstić information content (AvgIpc) is 2.38. The van der Waals surface area contributed by atoms with Crippen LogP contribution in [-0.4, -0.2) is 22.6 Å². The van der Waals surface area contributed by atoms with Gasteiger partial charge in [0.05, 0.1) is 0 Å². The van der Waals surface area contributed by atoms with Gasteiger partial charge in [-0.3, -0.25) is 0 Å². The van der Waals surface area contributed by atoms with Gasteiger partial charge in [0.2, 0.25) is 5.95 Å². The zero-order valence-electron chi connectivity index (χ0n) is 10.8. The van der Waals surface area contributed by atoms with E-state index in [9.17, 15) is 0 Å². The van der Waals surface area contributed by atoms with Crippen molar-refractivity contribution in [1.29, 1.82) is 0 Å². The molecule has 1 aromatic rings. The standard InChI is InChI=1S/C13H22N4/c1-3-12-6-4-5-7-17(12)13-15-9-11(8-14)10(2)16-13/h9,12H,3-8,14H2,1-2H3. The van der Waals surface area contributed by atoms with Crippen LogP contribution < -0.4 is 10.6 Å². The van der Waals surface area contributed by atoms with Crippen LogP contribution in [0.1, 0.15) is 43.9 Å². The van der Waals surface area contributed by atoms with Crippen molar-refractivity contribution < 1.29 is 0 Å². The van der Waals surface area contributed by atoms with Crippen molar-refractivity contribution in [2.75, 3.05) is 11.4 Å². The van der Waals surface area contributed by atoms with Crippen LogP contribution in [0.4, 0.5) is 5.95 Å². The van der Waals surface area contributed by atoms with Crippen molar-refractivity contribution in [1.82, 2.24) is 9.97 Å². The van der Waals surface area contributed by atoms with E-state index >= 15 is 0 Å². The van der Waals surface area contributed by atoms with E-state index in [4.69, 9.17) is 5.73 Å². The summed E-state index contributed by atoms with van der Waals surface area (Å²) in [6.45, 7) is 5.85. The largest absolute Gasteiger partial charge is 0.338 e. The van der Waals surface area contributed by atoms with Crippen molar-refractivity contribution in [2.45, 2.75) is 52.1 Å². The van der Waals surface area contributed by atoms with Crippen LogP contribution in [0.25, 0.3) is 0 Å². The number of rotatable bonds is 3. The molecule has 2 heterocycles. The molecular formula is C13H22N4. The number of hydrogen-bond acceptors (Lipinski definition) is 4. The molecule has 4 heteroatoms. The lowest BCUT2D eigenvalue weighted by Gasteiger charge is -2.35. The highest BCUT2D eigenvalue weighted by atomic mass is 15.3. The molecule has 0 radical (unpaired) electrons. The van der Waals surface area contributed by atoms with Gasteiger partial charge in [-0.1, -0.05) is 6.92 Å². The first kappa shape index (κ1) is 12.3. The number of piperidine rings is 1. The molecule has 0 amide bonds. The third kappa shape index (κ3) is 2.57. The first-order valence-electron chi connectivity index (χ1n) is 6.55. The average molecular weight is 234 g/mol. The van der Waals surface area contributed by atoms with Crippen molar-refractivity contribution >= 4 is 5.95 Å². The summed E-state index contributed by atoms with van der Waals surface area (Å²) in [5.74, 6) is 0.881. The Bertz CT molecular complexity index is 378. The summed E-state index contributed by atoms with van der Waals surface area (Å²) < 4.78 is 0. The summed E-state index contributed by atoms with van der Waals surface area (Å²) in [5.41, 5.74) is 7.69. The molecule has 0 spiro atoms. The molecule has 94 valence electrons. The van der Waals surface area contributed by atoms with Gasteiger partial charge < -0.3 is 10.6 Å². The highest BCUT2D eigenvalue weighted by Crippen LogP contribution is 2.24. The van der Waals surface area contributed by atoms with Crippen molar-refractivity contribution in [2.24, 2.45) is 5.73 Å². The van der Waals surface area contributed by atoms with Crippen molar-refractivity contribution in [3.63, 3.8) is 0 Å². The first-order valence-corrected chi connectivity index (χ1v) is 6.55. The molecule has 1 atom stereocenters. The number of aryl methyl sites for hydroxylation is 1. The molecule has 0 aromatic carbocycles. The molecule has 1 saturated heterocycles. The van der Waals surface area contributed by atoms with E-state index in [1.165, 1.54) is 25.7 Å². The molecule has 1 unspecified atom stereocenters. The number of anilines is 1. The lowest BCUT2D eigenvalue weighted by Crippen LogP contribution is -2.40. The second-order valence-corrected chi connectivity index (χ2v) is 4.74. The van der Waals surface area contributed by atoms with E-state index in [1.807, 2.05) is 13.1 Å². The van der Waals surface area contributed by atoms with E-state index in [0.29, 0.717) is 12.6 Å². The van der Waals surface area contributed by atoms with Gasteiger partial charge in [-0.05, 0) is 32.6 Å². The number of nitrogens with zero attached hydrogens (tertiary/aromatic N) is 3. The summed E-state index contributed by atoms with van der Waals surface area (Å²) in [6.07, 6.45) is 6.88. The van der Waals surface area contributed by atoms with Crippen LogP contribution in [0.2, 0.25) is 0 Å². The predicted octanol–water partition coefficient (Wildman–Crippen LogP) is 2.01. The fourth-order valence-electron chi connectivity index (χ4n) is 2.51. The van der Waals surface area contributed by atoms with Crippen LogP contribution in [-0.2, 0) is 6.54 Å². The van der Waals surface area contributed by atoms with Gasteiger partial charge in [-0.2, -0.15) is 0 Å². The molecule has 1 fully saturated rings. The summed E-state index contributed by atoms with van der Waals surface area (Å²) in [6, 6.07) is 0.604. The van der Waals surface area contributed by atoms with Crippen LogP contribution in [0.5, 0.6) is 0 Å². The van der Waals surface area contributed by atoms with Gasteiger partial charge in [-0.25, -0.2) is 9.97 Å². The summed E-state index contributed by atoms with van der Waals surface area (Å²) in [5, 5.41) is 0. The summed E-state index contributed by atoms with van der Waals surface area (Å²) in [7, 11) is 0. The van der Waals surface area contributed by atoms with Crippen LogP contribution >= 0.6 is 0 Å². The fourth-order valence-corrected chi connectivity index (χ4v) is 2.51. The van der Waals surface area contributed by atoms with E-state index < -0.39 is 0 Å². The topological polar surface area (TPSA) is 55.0 Å². The van der Waals surface area contributed by atoms with Gasteiger partial charge in [-0.15, -0.1) is 0 Å². The molecular weight excluding hydrogens is 212 g/mol. The summed E-state index contributed by atoms with van der Waals surface area (Å²) in [4.78, 5) is 11.4. The van der Waals surface area contributed by atoms with Gasteiger partial charge in [0, 0.05) is 36.6 Å². The fraction of sp³-hybridized carbons (Fsp3) is 0.692. The second kappa shape index (κ2) is 5.45. The quantitative estimate of drug-likeness (QED) is 0.869. The monoisotopic (exact) mass is 234 g/mol. The third-order valence-corrected chi connectivity index (χ3v) is 3.64. The minimum Gasteiger partial charge on any atom is -0.338 e. The SMILES string of the molecule is CCC1CCCCN1c1ncc(CN)c(C)n1. The zero-order chi connectivity index (χ0) is 12.3. The Hall–Kier alpha value is -1.16. The predicted molar refractivity (Wildman–Crippen MR) is 69.9 cm³/mol. The van der Waals surface area contributed by atoms with E-state index in [-0.39, 0.29) is 0 Å². The van der Waals surface area contributed by atoms with Crippen LogP contribution in [0, 0.1) is 6.92 Å². The summed E-state index contributed by atoms with van der Waals surface area (Å²) >= 11 is 0. The Kier molecular flexibility index (Phi) is 3.94. The van der Waals surface area contributed by atoms with Gasteiger partial charge in [0.1, 0.15) is 0 Å². The van der Waals surface area contributed by atoms with E-state index in [2.05, 4.69) is 21.8 Å². The van der Waals surface area contributed by atoms with Crippen LogP contribution in [0.15, 0.2) is 6.20 Å². The maximum atomic E-state index is 5.64. The Balaban J connectivity index is 2.23. The number of hydrogen-bond donors (Lipinski definition) is 1. The van der Waals surface area contributed by atoms with E-state index in [0.717, 1.165) is 23.8 Å². The second-order valence-electron chi connectivity index (χ2n) is 4.74. The lowest BCUT2D eigenvalue weighted by atomic mass is 10.0. The van der Waals surface area contributed by atoms with E-state index in [1.54, 1.807) is 0 Å². The van der Waals surface area contributed by atoms with Gasteiger partial charge >= 0.3 is 0 Å². The Morgan fingerprint density at radius 2 is 2.29 bits per heavy atom. The smallest absolute Gasteiger partial charge is 0.225 e. The maximum Gasteiger partial charge on any atom is 0.225 e. The first-order chi connectivity index (χ1) is 8.26. The normalized spacial score (nSPS) is 20.6. The van der Waals surface area contributed by atoms with Gasteiger partial charge in [0.15, 0.2) is 0 Å². The molecule has 2 N–H and O–H groups in total. The maximum absolute atomic E-state index is 5.64. The molecule has 1 aliphatic rings. The highest BCUT2D eigenvalue weighted by Gasteiger charge is 2.23. The molecule has 4 nitrogen and oxygen atoms in total. The molecule has 1 aromatic heterocycles. The Morgan fingerprint density at radius 1 is 1.47 bits per heavy atom. The number of nitrogens with two attached hydrogens (primary N) is 1. The molecule has 0 bridgehead atoms. The molecule has 0 saturated carbocycles. The Labute approximate surface area is 103 Å². The third-order valence-electron chi connectivity index (χ3n) is 3.64. The van der Waals surface area contributed by atoms with Crippen molar-refractivity contribution in [3.8, 4) is 0 Å².